The van der Waals surface area contributed by atoms with Gasteiger partial charge in [0.2, 0.25) is 0 Å². The van der Waals surface area contributed by atoms with Gasteiger partial charge < -0.3 is 15.4 Å². The predicted octanol–water partition coefficient (Wildman–Crippen LogP) is 2.28. The Morgan fingerprint density at radius 3 is 2.50 bits per heavy atom. The Hall–Kier alpha value is -2.83. The lowest BCUT2D eigenvalue weighted by atomic mass is 9.79. The molecule has 1 aliphatic heterocycles. The molecule has 0 spiro atoms. The van der Waals surface area contributed by atoms with Gasteiger partial charge in [-0.3, -0.25) is 14.9 Å². The van der Waals surface area contributed by atoms with Crippen LogP contribution in [0.3, 0.4) is 0 Å². The number of nitro groups is 1. The van der Waals surface area contributed by atoms with Crippen molar-refractivity contribution in [1.29, 1.82) is 0 Å². The van der Waals surface area contributed by atoms with Gasteiger partial charge >= 0.3 is 5.70 Å². The second-order valence-electron chi connectivity index (χ2n) is 6.14. The van der Waals surface area contributed by atoms with Gasteiger partial charge in [0.1, 0.15) is 11.7 Å². The maximum atomic E-state index is 12.4. The zero-order valence-corrected chi connectivity index (χ0v) is 13.6. The molecule has 1 aromatic rings. The van der Waals surface area contributed by atoms with Crippen molar-refractivity contribution in [3.05, 3.63) is 62.9 Å². The molecule has 2 aliphatic rings. The van der Waals surface area contributed by atoms with Gasteiger partial charge in [0.15, 0.2) is 5.78 Å². The summed E-state index contributed by atoms with van der Waals surface area (Å²) in [5, 5.41) is 11.6. The molecule has 126 valence electrons. The third-order valence-electron chi connectivity index (χ3n) is 4.40. The first-order valence-electron chi connectivity index (χ1n) is 7.75. The zero-order chi connectivity index (χ0) is 17.4. The van der Waals surface area contributed by atoms with Gasteiger partial charge in [-0.25, -0.2) is 0 Å². The van der Waals surface area contributed by atoms with E-state index in [0.717, 1.165) is 5.69 Å². The van der Waals surface area contributed by atoms with Crippen molar-refractivity contribution in [2.45, 2.75) is 25.2 Å². The second-order valence-corrected chi connectivity index (χ2v) is 6.14. The number of ketones is 1. The molecule has 0 radical (unpaired) electrons. The topological polar surface area (TPSA) is 98.7 Å². The molecule has 1 atom stereocenters. The lowest BCUT2D eigenvalue weighted by molar-refractivity contribution is -0.433. The second kappa shape index (κ2) is 5.99. The van der Waals surface area contributed by atoms with Gasteiger partial charge in [0.05, 0.1) is 10.5 Å². The normalized spacial score (nSPS) is 20.6. The summed E-state index contributed by atoms with van der Waals surface area (Å²) < 4.78 is 5.41. The molecule has 0 unspecified atom stereocenters. The van der Waals surface area contributed by atoms with E-state index in [1.807, 2.05) is 31.1 Å². The van der Waals surface area contributed by atoms with Gasteiger partial charge in [0, 0.05) is 32.6 Å². The first-order valence-corrected chi connectivity index (χ1v) is 7.75. The fraction of sp³-hybridized carbons (Fsp3) is 0.353. The third kappa shape index (κ3) is 2.62. The molecule has 2 N–H and O–H groups in total. The molecule has 7 heteroatoms. The lowest BCUT2D eigenvalue weighted by Crippen LogP contribution is -2.30. The first-order chi connectivity index (χ1) is 11.4. The number of Topliss-reactive ketones (excluding diaryl/α,β-unsaturated/α-hetero) is 1. The van der Waals surface area contributed by atoms with Crippen LogP contribution < -0.4 is 10.6 Å². The largest absolute Gasteiger partial charge is 0.440 e. The van der Waals surface area contributed by atoms with Crippen molar-refractivity contribution in [3.8, 4) is 0 Å². The SMILES string of the molecule is CN(C)c1ccc([C@@H]2C3=C(CCCC3=O)OC(N)=C2[N+](=O)[O-])cc1. The Balaban J connectivity index is 2.14. The van der Waals surface area contributed by atoms with Crippen molar-refractivity contribution in [2.75, 3.05) is 19.0 Å². The number of carbonyl (C=O) groups excluding carboxylic acids is 1. The smallest absolute Gasteiger partial charge is 0.317 e. The number of carbonyl (C=O) groups is 1. The summed E-state index contributed by atoms with van der Waals surface area (Å²) in [7, 11) is 3.82. The number of allylic oxidation sites excluding steroid dienone is 2. The molecule has 24 heavy (non-hydrogen) atoms. The van der Waals surface area contributed by atoms with Gasteiger partial charge in [-0.1, -0.05) is 12.1 Å². The molecular formula is C17H19N3O4. The third-order valence-corrected chi connectivity index (χ3v) is 4.40. The number of hydrogen-bond donors (Lipinski definition) is 1. The molecule has 0 saturated heterocycles. The van der Waals surface area contributed by atoms with Crippen LogP contribution in [0.25, 0.3) is 0 Å². The molecule has 1 aliphatic carbocycles. The van der Waals surface area contributed by atoms with E-state index in [9.17, 15) is 14.9 Å². The molecule has 0 saturated carbocycles. The highest BCUT2D eigenvalue weighted by atomic mass is 16.6. The van der Waals surface area contributed by atoms with Crippen LogP contribution >= 0.6 is 0 Å². The number of rotatable bonds is 3. The van der Waals surface area contributed by atoms with Crippen molar-refractivity contribution < 1.29 is 14.5 Å². The Kier molecular flexibility index (Phi) is 4.01. The highest BCUT2D eigenvalue weighted by Crippen LogP contribution is 2.43. The van der Waals surface area contributed by atoms with Gasteiger partial charge in [-0.15, -0.1) is 0 Å². The van der Waals surface area contributed by atoms with Crippen LogP contribution in [0.15, 0.2) is 47.2 Å². The van der Waals surface area contributed by atoms with E-state index in [0.29, 0.717) is 36.2 Å². The summed E-state index contributed by atoms with van der Waals surface area (Å²) in [5.41, 5.74) is 7.55. The van der Waals surface area contributed by atoms with Crippen LogP contribution in [0.5, 0.6) is 0 Å². The zero-order valence-electron chi connectivity index (χ0n) is 13.6. The fourth-order valence-corrected chi connectivity index (χ4v) is 3.21. The van der Waals surface area contributed by atoms with Crippen molar-refractivity contribution in [2.24, 2.45) is 5.73 Å². The number of ether oxygens (including phenoxy) is 1. The van der Waals surface area contributed by atoms with E-state index in [1.165, 1.54) is 0 Å². The summed E-state index contributed by atoms with van der Waals surface area (Å²) in [6.07, 6.45) is 1.61. The van der Waals surface area contributed by atoms with Gasteiger partial charge in [0.25, 0.3) is 5.88 Å². The fourth-order valence-electron chi connectivity index (χ4n) is 3.21. The quantitative estimate of drug-likeness (QED) is 0.675. The van der Waals surface area contributed by atoms with E-state index in [1.54, 1.807) is 12.1 Å². The van der Waals surface area contributed by atoms with E-state index >= 15 is 0 Å². The molecule has 0 bridgehead atoms. The van der Waals surface area contributed by atoms with Crippen LogP contribution in [0, 0.1) is 10.1 Å². The van der Waals surface area contributed by atoms with Crippen molar-refractivity contribution in [1.82, 2.24) is 0 Å². The molecular weight excluding hydrogens is 310 g/mol. The van der Waals surface area contributed by atoms with E-state index < -0.39 is 10.8 Å². The van der Waals surface area contributed by atoms with Crippen LogP contribution in [0.4, 0.5) is 5.69 Å². The lowest BCUT2D eigenvalue weighted by Gasteiger charge is -2.29. The van der Waals surface area contributed by atoms with Crippen LogP contribution in [-0.4, -0.2) is 24.8 Å². The number of hydrogen-bond acceptors (Lipinski definition) is 6. The first kappa shape index (κ1) is 16.0. The average molecular weight is 329 g/mol. The highest BCUT2D eigenvalue weighted by Gasteiger charge is 2.44. The number of anilines is 1. The molecule has 0 aromatic heterocycles. The summed E-state index contributed by atoms with van der Waals surface area (Å²) in [6.45, 7) is 0. The Bertz CT molecular complexity index is 763. The van der Waals surface area contributed by atoms with Gasteiger partial charge in [-0.2, -0.15) is 0 Å². The minimum atomic E-state index is -0.784. The minimum Gasteiger partial charge on any atom is -0.440 e. The Morgan fingerprint density at radius 1 is 1.25 bits per heavy atom. The van der Waals surface area contributed by atoms with Crippen molar-refractivity contribution in [3.63, 3.8) is 0 Å². The molecule has 1 aromatic carbocycles. The summed E-state index contributed by atoms with van der Waals surface area (Å²) in [4.78, 5) is 25.4. The maximum absolute atomic E-state index is 12.4. The predicted molar refractivity (Wildman–Crippen MR) is 88.7 cm³/mol. The van der Waals surface area contributed by atoms with Crippen molar-refractivity contribution >= 4 is 11.5 Å². The summed E-state index contributed by atoms with van der Waals surface area (Å²) in [5.74, 6) is -0.649. The number of benzene rings is 1. The average Bonchev–Trinajstić information content (AvgIpc) is 2.53. The van der Waals surface area contributed by atoms with Crippen LogP contribution in [0.1, 0.15) is 30.7 Å². The Labute approximate surface area is 139 Å². The van der Waals surface area contributed by atoms with E-state index in [2.05, 4.69) is 0 Å². The molecule has 0 amide bonds. The summed E-state index contributed by atoms with van der Waals surface area (Å²) in [6, 6.07) is 7.33. The molecule has 3 rings (SSSR count). The standard InChI is InChI=1S/C17H19N3O4/c1-19(2)11-8-6-10(7-9-11)14-15-12(21)4-3-5-13(15)24-17(18)16(14)20(22)23/h6-9,14H,3-5,18H2,1-2H3/t14-/m1/s1. The van der Waals surface area contributed by atoms with E-state index in [4.69, 9.17) is 10.5 Å². The summed E-state index contributed by atoms with van der Waals surface area (Å²) >= 11 is 0. The van der Waals surface area contributed by atoms with Crippen LogP contribution in [0.2, 0.25) is 0 Å². The molecule has 1 heterocycles. The molecule has 0 fully saturated rings. The van der Waals surface area contributed by atoms with Gasteiger partial charge in [-0.05, 0) is 24.1 Å². The maximum Gasteiger partial charge on any atom is 0.317 e. The minimum absolute atomic E-state index is 0.107. The number of nitrogens with two attached hydrogens (primary N) is 1. The highest BCUT2D eigenvalue weighted by molar-refractivity contribution is 5.99. The molecule has 7 nitrogen and oxygen atoms in total. The Morgan fingerprint density at radius 2 is 1.92 bits per heavy atom. The van der Waals surface area contributed by atoms with Crippen LogP contribution in [-0.2, 0) is 9.53 Å². The van der Waals surface area contributed by atoms with E-state index in [-0.39, 0.29) is 17.4 Å². The number of nitrogens with zero attached hydrogens (tertiary/aromatic N) is 2. The monoisotopic (exact) mass is 329 g/mol.